The molecule has 0 atom stereocenters. The van der Waals surface area contributed by atoms with E-state index in [4.69, 9.17) is 0 Å². The second-order valence-electron chi connectivity index (χ2n) is 4.75. The summed E-state index contributed by atoms with van der Waals surface area (Å²) in [6.45, 7) is 2.00. The first-order valence-electron chi connectivity index (χ1n) is 6.65. The van der Waals surface area contributed by atoms with Crippen LogP contribution in [-0.2, 0) is 0 Å². The predicted molar refractivity (Wildman–Crippen MR) is 83.7 cm³/mol. The van der Waals surface area contributed by atoms with Crippen LogP contribution in [0, 0.1) is 6.92 Å². The Bertz CT molecular complexity index is 707. The number of nitrogens with zero attached hydrogens (tertiary/aromatic N) is 2. The maximum absolute atomic E-state index is 4.20. The second-order valence-corrected chi connectivity index (χ2v) is 4.75. The minimum absolute atomic E-state index is 1.04. The molecular formula is C18H16N2. The zero-order valence-electron chi connectivity index (χ0n) is 11.4. The Kier molecular flexibility index (Phi) is 3.46. The number of hydrogen-bond donors (Lipinski definition) is 0. The molecule has 98 valence electrons. The van der Waals surface area contributed by atoms with E-state index in [1.165, 1.54) is 16.8 Å². The van der Waals surface area contributed by atoms with Gasteiger partial charge in [0.15, 0.2) is 0 Å². The summed E-state index contributed by atoms with van der Waals surface area (Å²) in [5.74, 6) is 0. The number of pyridine rings is 1. The van der Waals surface area contributed by atoms with Crippen LogP contribution in [0.3, 0.4) is 0 Å². The van der Waals surface area contributed by atoms with Crippen molar-refractivity contribution in [3.05, 3.63) is 83.9 Å². The molecule has 3 aromatic rings. The van der Waals surface area contributed by atoms with Crippen LogP contribution in [0.4, 0.5) is 0 Å². The van der Waals surface area contributed by atoms with Gasteiger partial charge in [0.25, 0.3) is 0 Å². The SMILES string of the molecule is Cc1cc(/C=C/c2ccc(-n3cccc3)cc2)ccn1. The number of rotatable bonds is 3. The van der Waals surface area contributed by atoms with Crippen molar-refractivity contribution in [3.8, 4) is 5.69 Å². The third-order valence-corrected chi connectivity index (χ3v) is 3.18. The summed E-state index contributed by atoms with van der Waals surface area (Å²) in [5.41, 5.74) is 4.57. The molecule has 2 aromatic heterocycles. The van der Waals surface area contributed by atoms with Crippen LogP contribution in [0.5, 0.6) is 0 Å². The minimum atomic E-state index is 1.04. The largest absolute Gasteiger partial charge is 0.324 e. The molecule has 0 fully saturated rings. The highest BCUT2D eigenvalue weighted by atomic mass is 14.9. The molecule has 0 saturated heterocycles. The predicted octanol–water partition coefficient (Wildman–Crippen LogP) is 4.35. The Labute approximate surface area is 119 Å². The van der Waals surface area contributed by atoms with Crippen molar-refractivity contribution < 1.29 is 0 Å². The highest BCUT2D eigenvalue weighted by Gasteiger charge is 1.94. The fraction of sp³-hybridized carbons (Fsp3) is 0.0556. The molecule has 3 rings (SSSR count). The molecular weight excluding hydrogens is 244 g/mol. The summed E-state index contributed by atoms with van der Waals surface area (Å²) < 4.78 is 2.10. The Hall–Kier alpha value is -2.61. The standard InChI is InChI=1S/C18H16N2/c1-15-14-17(10-11-19-15)5-4-16-6-8-18(9-7-16)20-12-2-3-13-20/h2-14H,1H3/b5-4+. The van der Waals surface area contributed by atoms with E-state index in [1.807, 2.05) is 43.7 Å². The highest BCUT2D eigenvalue weighted by Crippen LogP contribution is 2.13. The van der Waals surface area contributed by atoms with E-state index in [0.29, 0.717) is 0 Å². The van der Waals surface area contributed by atoms with Gasteiger partial charge in [0, 0.05) is 30.0 Å². The summed E-state index contributed by atoms with van der Waals surface area (Å²) in [5, 5.41) is 0. The topological polar surface area (TPSA) is 17.8 Å². The van der Waals surface area contributed by atoms with Crippen molar-refractivity contribution in [2.24, 2.45) is 0 Å². The van der Waals surface area contributed by atoms with Crippen molar-refractivity contribution in [1.29, 1.82) is 0 Å². The van der Waals surface area contributed by atoms with Gasteiger partial charge < -0.3 is 4.57 Å². The first-order chi connectivity index (χ1) is 9.81. The molecule has 0 saturated carbocycles. The van der Waals surface area contributed by atoms with Gasteiger partial charge in [-0.1, -0.05) is 24.3 Å². The monoisotopic (exact) mass is 260 g/mol. The summed E-state index contributed by atoms with van der Waals surface area (Å²) in [6.07, 6.45) is 10.2. The average Bonchev–Trinajstić information content (AvgIpc) is 3.00. The normalized spacial score (nSPS) is 11.1. The second kappa shape index (κ2) is 5.57. The third-order valence-electron chi connectivity index (χ3n) is 3.18. The fourth-order valence-corrected chi connectivity index (χ4v) is 2.13. The van der Waals surface area contributed by atoms with E-state index in [0.717, 1.165) is 5.69 Å². The van der Waals surface area contributed by atoms with Gasteiger partial charge >= 0.3 is 0 Å². The van der Waals surface area contributed by atoms with Crippen LogP contribution in [0.1, 0.15) is 16.8 Å². The Morgan fingerprint density at radius 3 is 2.30 bits per heavy atom. The molecule has 0 unspecified atom stereocenters. The Morgan fingerprint density at radius 2 is 1.60 bits per heavy atom. The van der Waals surface area contributed by atoms with E-state index in [2.05, 4.69) is 52.0 Å². The van der Waals surface area contributed by atoms with Crippen molar-refractivity contribution in [3.63, 3.8) is 0 Å². The van der Waals surface area contributed by atoms with Gasteiger partial charge in [-0.15, -0.1) is 0 Å². The van der Waals surface area contributed by atoms with Crippen LogP contribution in [0.15, 0.2) is 67.1 Å². The minimum Gasteiger partial charge on any atom is -0.324 e. The summed E-state index contributed by atoms with van der Waals surface area (Å²) >= 11 is 0. The molecule has 0 radical (unpaired) electrons. The number of aromatic nitrogens is 2. The molecule has 2 heteroatoms. The van der Waals surface area contributed by atoms with E-state index in [-0.39, 0.29) is 0 Å². The van der Waals surface area contributed by atoms with Gasteiger partial charge in [-0.25, -0.2) is 0 Å². The van der Waals surface area contributed by atoms with E-state index >= 15 is 0 Å². The van der Waals surface area contributed by atoms with Gasteiger partial charge in [-0.05, 0) is 54.4 Å². The fourth-order valence-electron chi connectivity index (χ4n) is 2.13. The van der Waals surface area contributed by atoms with Gasteiger partial charge in [0.1, 0.15) is 0 Å². The lowest BCUT2D eigenvalue weighted by Crippen LogP contribution is -1.88. The molecule has 0 aliphatic heterocycles. The maximum atomic E-state index is 4.20. The van der Waals surface area contributed by atoms with Crippen molar-refractivity contribution in [2.45, 2.75) is 6.92 Å². The van der Waals surface area contributed by atoms with Crippen LogP contribution in [0.2, 0.25) is 0 Å². The lowest BCUT2D eigenvalue weighted by Gasteiger charge is -2.03. The molecule has 1 aromatic carbocycles. The average molecular weight is 260 g/mol. The molecule has 2 heterocycles. The summed E-state index contributed by atoms with van der Waals surface area (Å²) in [6, 6.07) is 16.6. The van der Waals surface area contributed by atoms with E-state index < -0.39 is 0 Å². The molecule has 0 spiro atoms. The van der Waals surface area contributed by atoms with Crippen molar-refractivity contribution >= 4 is 12.2 Å². The first kappa shape index (κ1) is 12.4. The smallest absolute Gasteiger partial charge is 0.0449 e. The molecule has 0 aliphatic carbocycles. The van der Waals surface area contributed by atoms with E-state index in [9.17, 15) is 0 Å². The molecule has 2 nitrogen and oxygen atoms in total. The van der Waals surface area contributed by atoms with Crippen LogP contribution >= 0.6 is 0 Å². The highest BCUT2D eigenvalue weighted by molar-refractivity contribution is 5.69. The molecule has 0 aliphatic rings. The zero-order chi connectivity index (χ0) is 13.8. The van der Waals surface area contributed by atoms with Gasteiger partial charge in [0.2, 0.25) is 0 Å². The Balaban J connectivity index is 1.78. The maximum Gasteiger partial charge on any atom is 0.0449 e. The van der Waals surface area contributed by atoms with Crippen molar-refractivity contribution in [1.82, 2.24) is 9.55 Å². The lowest BCUT2D eigenvalue weighted by atomic mass is 10.1. The van der Waals surface area contributed by atoms with Crippen LogP contribution in [-0.4, -0.2) is 9.55 Å². The molecule has 0 bridgehead atoms. The third kappa shape index (κ3) is 2.86. The summed E-state index contributed by atoms with van der Waals surface area (Å²) in [4.78, 5) is 4.20. The number of aryl methyl sites for hydroxylation is 1. The summed E-state index contributed by atoms with van der Waals surface area (Å²) in [7, 11) is 0. The first-order valence-corrected chi connectivity index (χ1v) is 6.65. The molecule has 0 N–H and O–H groups in total. The number of benzene rings is 1. The Morgan fingerprint density at radius 1 is 0.900 bits per heavy atom. The number of hydrogen-bond acceptors (Lipinski definition) is 1. The van der Waals surface area contributed by atoms with Crippen molar-refractivity contribution in [2.75, 3.05) is 0 Å². The zero-order valence-corrected chi connectivity index (χ0v) is 11.4. The molecule has 0 amide bonds. The van der Waals surface area contributed by atoms with E-state index in [1.54, 1.807) is 0 Å². The van der Waals surface area contributed by atoms with Gasteiger partial charge in [-0.2, -0.15) is 0 Å². The van der Waals surface area contributed by atoms with Crippen LogP contribution in [0.25, 0.3) is 17.8 Å². The van der Waals surface area contributed by atoms with Gasteiger partial charge in [-0.3, -0.25) is 4.98 Å². The molecule has 20 heavy (non-hydrogen) atoms. The lowest BCUT2D eigenvalue weighted by molar-refractivity contribution is 1.08. The quantitative estimate of drug-likeness (QED) is 0.684. The van der Waals surface area contributed by atoms with Crippen LogP contribution < -0.4 is 0 Å². The van der Waals surface area contributed by atoms with Gasteiger partial charge in [0.05, 0.1) is 0 Å².